The summed E-state index contributed by atoms with van der Waals surface area (Å²) < 4.78 is 7.80. The van der Waals surface area contributed by atoms with Crippen LogP contribution in [0.2, 0.25) is 0 Å². The van der Waals surface area contributed by atoms with Gasteiger partial charge in [-0.15, -0.1) is 0 Å². The van der Waals surface area contributed by atoms with Crippen LogP contribution in [0.25, 0.3) is 0 Å². The third-order valence-corrected chi connectivity index (χ3v) is 4.44. The molecule has 2 aromatic rings. The SMILES string of the molecule is Cc1cc(C)n(CCN2CCCCC[C@@H]2c2ccco2)n1. The molecule has 0 radical (unpaired) electrons. The number of aromatic nitrogens is 2. The summed E-state index contributed by atoms with van der Waals surface area (Å²) in [5.41, 5.74) is 2.35. The summed E-state index contributed by atoms with van der Waals surface area (Å²) >= 11 is 0. The van der Waals surface area contributed by atoms with Crippen LogP contribution in [0, 0.1) is 13.8 Å². The Morgan fingerprint density at radius 1 is 1.24 bits per heavy atom. The van der Waals surface area contributed by atoms with Crippen molar-refractivity contribution in [3.63, 3.8) is 0 Å². The normalized spacial score (nSPS) is 20.6. The monoisotopic (exact) mass is 287 g/mol. The van der Waals surface area contributed by atoms with Crippen molar-refractivity contribution in [3.05, 3.63) is 41.6 Å². The van der Waals surface area contributed by atoms with Crippen LogP contribution >= 0.6 is 0 Å². The number of hydrogen-bond donors (Lipinski definition) is 0. The predicted molar refractivity (Wildman–Crippen MR) is 83.2 cm³/mol. The summed E-state index contributed by atoms with van der Waals surface area (Å²) in [4.78, 5) is 2.57. The molecule has 1 saturated heterocycles. The number of furan rings is 1. The van der Waals surface area contributed by atoms with E-state index in [4.69, 9.17) is 4.42 Å². The summed E-state index contributed by atoms with van der Waals surface area (Å²) in [6, 6.07) is 6.69. The minimum absolute atomic E-state index is 0.430. The van der Waals surface area contributed by atoms with E-state index < -0.39 is 0 Å². The minimum atomic E-state index is 0.430. The lowest BCUT2D eigenvalue weighted by Crippen LogP contribution is -2.32. The average molecular weight is 287 g/mol. The first-order valence-electron chi connectivity index (χ1n) is 8.02. The van der Waals surface area contributed by atoms with Crippen LogP contribution in [0.15, 0.2) is 28.9 Å². The molecule has 0 aromatic carbocycles. The zero-order valence-corrected chi connectivity index (χ0v) is 13.1. The number of hydrogen-bond acceptors (Lipinski definition) is 3. The molecule has 21 heavy (non-hydrogen) atoms. The second kappa shape index (κ2) is 6.48. The molecule has 114 valence electrons. The molecule has 0 amide bonds. The Labute approximate surface area is 126 Å². The van der Waals surface area contributed by atoms with Crippen LogP contribution in [0.1, 0.15) is 48.9 Å². The molecular weight excluding hydrogens is 262 g/mol. The summed E-state index contributed by atoms with van der Waals surface area (Å²) in [5.74, 6) is 1.12. The van der Waals surface area contributed by atoms with Gasteiger partial charge in [0.25, 0.3) is 0 Å². The highest BCUT2D eigenvalue weighted by atomic mass is 16.3. The smallest absolute Gasteiger partial charge is 0.120 e. The molecule has 0 spiro atoms. The molecule has 2 aromatic heterocycles. The number of rotatable bonds is 4. The van der Waals surface area contributed by atoms with Gasteiger partial charge in [-0.25, -0.2) is 0 Å². The molecule has 0 unspecified atom stereocenters. The van der Waals surface area contributed by atoms with E-state index in [1.807, 2.05) is 6.07 Å². The maximum absolute atomic E-state index is 5.67. The summed E-state index contributed by atoms with van der Waals surface area (Å²) in [5, 5.41) is 4.57. The Balaban J connectivity index is 1.70. The molecule has 0 aliphatic carbocycles. The van der Waals surface area contributed by atoms with Gasteiger partial charge in [-0.3, -0.25) is 9.58 Å². The Kier molecular flexibility index (Phi) is 4.44. The van der Waals surface area contributed by atoms with Gasteiger partial charge in [0, 0.05) is 12.2 Å². The van der Waals surface area contributed by atoms with E-state index in [1.54, 1.807) is 6.26 Å². The van der Waals surface area contributed by atoms with Gasteiger partial charge in [0.15, 0.2) is 0 Å². The van der Waals surface area contributed by atoms with Crippen LogP contribution in [0.4, 0.5) is 0 Å². The summed E-state index contributed by atoms with van der Waals surface area (Å²) in [6.45, 7) is 7.34. The van der Waals surface area contributed by atoms with Crippen molar-refractivity contribution in [2.45, 2.75) is 52.1 Å². The predicted octanol–water partition coefficient (Wildman–Crippen LogP) is 3.71. The first-order valence-corrected chi connectivity index (χ1v) is 8.02. The van der Waals surface area contributed by atoms with E-state index in [0.717, 1.165) is 31.1 Å². The van der Waals surface area contributed by atoms with Crippen molar-refractivity contribution in [1.82, 2.24) is 14.7 Å². The van der Waals surface area contributed by atoms with Gasteiger partial charge >= 0.3 is 0 Å². The largest absolute Gasteiger partial charge is 0.468 e. The second-order valence-corrected chi connectivity index (χ2v) is 6.07. The molecule has 1 aliphatic heterocycles. The van der Waals surface area contributed by atoms with Crippen molar-refractivity contribution < 1.29 is 4.42 Å². The zero-order chi connectivity index (χ0) is 14.7. The van der Waals surface area contributed by atoms with Gasteiger partial charge in [0.2, 0.25) is 0 Å². The van der Waals surface area contributed by atoms with Crippen molar-refractivity contribution in [3.8, 4) is 0 Å². The Bertz CT molecular complexity index is 559. The lowest BCUT2D eigenvalue weighted by molar-refractivity contribution is 0.169. The van der Waals surface area contributed by atoms with Gasteiger partial charge in [-0.2, -0.15) is 5.10 Å². The van der Waals surface area contributed by atoms with Gasteiger partial charge in [-0.05, 0) is 51.4 Å². The van der Waals surface area contributed by atoms with E-state index >= 15 is 0 Å². The Morgan fingerprint density at radius 2 is 2.14 bits per heavy atom. The number of likely N-dealkylation sites (tertiary alicyclic amines) is 1. The third-order valence-electron chi connectivity index (χ3n) is 4.44. The van der Waals surface area contributed by atoms with Gasteiger partial charge in [0.05, 0.1) is 24.5 Å². The van der Waals surface area contributed by atoms with E-state index in [9.17, 15) is 0 Å². The zero-order valence-electron chi connectivity index (χ0n) is 13.1. The summed E-state index contributed by atoms with van der Waals surface area (Å²) in [7, 11) is 0. The van der Waals surface area contributed by atoms with Crippen LogP contribution < -0.4 is 0 Å². The molecular formula is C17H25N3O. The second-order valence-electron chi connectivity index (χ2n) is 6.07. The maximum Gasteiger partial charge on any atom is 0.120 e. The molecule has 4 nitrogen and oxygen atoms in total. The molecule has 3 heterocycles. The van der Waals surface area contributed by atoms with Crippen molar-refractivity contribution in [1.29, 1.82) is 0 Å². The highest BCUT2D eigenvalue weighted by Crippen LogP contribution is 2.30. The highest BCUT2D eigenvalue weighted by Gasteiger charge is 2.24. The molecule has 0 bridgehead atoms. The maximum atomic E-state index is 5.67. The Morgan fingerprint density at radius 3 is 2.86 bits per heavy atom. The molecule has 1 aliphatic rings. The molecule has 1 atom stereocenters. The van der Waals surface area contributed by atoms with E-state index in [1.165, 1.54) is 31.4 Å². The summed E-state index contributed by atoms with van der Waals surface area (Å²) in [6.07, 6.45) is 6.90. The van der Waals surface area contributed by atoms with Crippen LogP contribution in [-0.4, -0.2) is 27.8 Å². The van der Waals surface area contributed by atoms with Gasteiger partial charge in [-0.1, -0.05) is 12.8 Å². The first kappa shape index (κ1) is 14.4. The fourth-order valence-corrected chi connectivity index (χ4v) is 3.36. The van der Waals surface area contributed by atoms with Crippen LogP contribution in [0.3, 0.4) is 0 Å². The Hall–Kier alpha value is -1.55. The standard InChI is InChI=1S/C17H25N3O/c1-14-13-15(2)20(18-14)11-10-19-9-5-3-4-7-16(19)17-8-6-12-21-17/h6,8,12-13,16H,3-5,7,9-11H2,1-2H3/t16-/m1/s1. The fraction of sp³-hybridized carbons (Fsp3) is 0.588. The molecule has 4 heteroatoms. The highest BCUT2D eigenvalue weighted by molar-refractivity contribution is 5.07. The number of nitrogens with zero attached hydrogens (tertiary/aromatic N) is 3. The lowest BCUT2D eigenvalue weighted by Gasteiger charge is -2.28. The quantitative estimate of drug-likeness (QED) is 0.859. The molecule has 3 rings (SSSR count). The van der Waals surface area contributed by atoms with E-state index in [2.05, 4.69) is 40.7 Å². The van der Waals surface area contributed by atoms with E-state index in [-0.39, 0.29) is 0 Å². The number of aryl methyl sites for hydroxylation is 2. The van der Waals surface area contributed by atoms with E-state index in [0.29, 0.717) is 6.04 Å². The fourth-order valence-electron chi connectivity index (χ4n) is 3.36. The van der Waals surface area contributed by atoms with Gasteiger partial charge < -0.3 is 4.42 Å². The molecule has 0 N–H and O–H groups in total. The van der Waals surface area contributed by atoms with Crippen molar-refractivity contribution in [2.24, 2.45) is 0 Å². The van der Waals surface area contributed by atoms with Gasteiger partial charge in [0.1, 0.15) is 5.76 Å². The molecule has 1 fully saturated rings. The van der Waals surface area contributed by atoms with Crippen molar-refractivity contribution in [2.75, 3.05) is 13.1 Å². The minimum Gasteiger partial charge on any atom is -0.468 e. The molecule has 0 saturated carbocycles. The first-order chi connectivity index (χ1) is 10.2. The van der Waals surface area contributed by atoms with Crippen molar-refractivity contribution >= 4 is 0 Å². The average Bonchev–Trinajstić information content (AvgIpc) is 3.02. The van der Waals surface area contributed by atoms with Crippen LogP contribution in [0.5, 0.6) is 0 Å². The topological polar surface area (TPSA) is 34.2 Å². The van der Waals surface area contributed by atoms with Crippen LogP contribution in [-0.2, 0) is 6.54 Å². The third kappa shape index (κ3) is 3.38. The lowest BCUT2D eigenvalue weighted by atomic mass is 10.1.